The molecule has 0 nitrogen and oxygen atoms in total. The highest BCUT2D eigenvalue weighted by molar-refractivity contribution is 6.04. The van der Waals surface area contributed by atoms with Gasteiger partial charge in [-0.05, 0) is 55.9 Å². The third-order valence-corrected chi connectivity index (χ3v) is 5.40. The molecule has 0 unspecified atom stereocenters. The van der Waals surface area contributed by atoms with Crippen LogP contribution in [-0.4, -0.2) is 0 Å². The van der Waals surface area contributed by atoms with Crippen LogP contribution >= 0.6 is 0 Å². The Hall–Kier alpha value is -2.60. The monoisotopic (exact) mass is 384 g/mol. The molecule has 0 saturated carbocycles. The van der Waals surface area contributed by atoms with Gasteiger partial charge in [-0.25, -0.2) is 0 Å². The fourth-order valence-electron chi connectivity index (χ4n) is 4.31. The van der Waals surface area contributed by atoms with E-state index in [-0.39, 0.29) is 5.41 Å². The van der Waals surface area contributed by atoms with Gasteiger partial charge in [-0.15, -0.1) is 0 Å². The first-order valence-electron chi connectivity index (χ1n) is 11.2. The summed E-state index contributed by atoms with van der Waals surface area (Å²) in [7, 11) is 0. The van der Waals surface area contributed by atoms with Crippen molar-refractivity contribution in [1.29, 1.82) is 0 Å². The van der Waals surface area contributed by atoms with Gasteiger partial charge in [0.1, 0.15) is 0 Å². The predicted molar refractivity (Wildman–Crippen MR) is 133 cm³/mol. The zero-order valence-corrected chi connectivity index (χ0v) is 19.4. The minimum atomic E-state index is 0.0495. The van der Waals surface area contributed by atoms with Crippen LogP contribution < -0.4 is 0 Å². The maximum absolute atomic E-state index is 2.37. The van der Waals surface area contributed by atoms with Crippen molar-refractivity contribution in [3.05, 3.63) is 83.9 Å². The van der Waals surface area contributed by atoms with E-state index in [1.54, 1.807) is 0 Å². The van der Waals surface area contributed by atoms with Crippen molar-refractivity contribution in [2.75, 3.05) is 0 Å². The van der Waals surface area contributed by atoms with Gasteiger partial charge < -0.3 is 0 Å². The van der Waals surface area contributed by atoms with Gasteiger partial charge in [0, 0.05) is 5.41 Å². The highest BCUT2D eigenvalue weighted by atomic mass is 14.4. The van der Waals surface area contributed by atoms with Crippen molar-refractivity contribution in [1.82, 2.24) is 0 Å². The zero-order valence-electron chi connectivity index (χ0n) is 19.4. The molecule has 0 heterocycles. The molecule has 5 rings (SSSR count). The third kappa shape index (κ3) is 3.81. The van der Waals surface area contributed by atoms with Crippen LogP contribution in [0.25, 0.3) is 32.7 Å². The van der Waals surface area contributed by atoms with Crippen molar-refractivity contribution in [2.24, 2.45) is 0 Å². The Morgan fingerprint density at radius 2 is 1.07 bits per heavy atom. The van der Waals surface area contributed by atoms with Gasteiger partial charge in [0.25, 0.3) is 0 Å². The summed E-state index contributed by atoms with van der Waals surface area (Å²) < 4.78 is 0. The summed E-state index contributed by atoms with van der Waals surface area (Å²) in [5.41, 5.74) is 5.75. The first-order valence-corrected chi connectivity index (χ1v) is 11.2. The Kier molecular flexibility index (Phi) is 7.62. The van der Waals surface area contributed by atoms with Crippen molar-refractivity contribution in [2.45, 2.75) is 60.8 Å². The molecule has 4 aromatic carbocycles. The average molecular weight is 385 g/mol. The molecule has 1 aliphatic rings. The molecule has 0 saturated heterocycles. The van der Waals surface area contributed by atoms with E-state index >= 15 is 0 Å². The third-order valence-electron chi connectivity index (χ3n) is 5.40. The first-order chi connectivity index (χ1) is 14.2. The van der Waals surface area contributed by atoms with Gasteiger partial charge >= 0.3 is 0 Å². The summed E-state index contributed by atoms with van der Waals surface area (Å²) in [5, 5.41) is 5.36. The lowest BCUT2D eigenvalue weighted by molar-refractivity contribution is 0.666. The largest absolute Gasteiger partial charge is 0.0683 e. The molecular weight excluding hydrogens is 348 g/mol. The van der Waals surface area contributed by atoms with Crippen LogP contribution in [0.5, 0.6) is 0 Å². The first kappa shape index (κ1) is 22.7. The summed E-state index contributed by atoms with van der Waals surface area (Å²) in [5.74, 6) is 0. The normalized spacial score (nSPS) is 12.4. The quantitative estimate of drug-likeness (QED) is 0.265. The summed E-state index contributed by atoms with van der Waals surface area (Å²) >= 11 is 0. The number of hydrogen-bond donors (Lipinski definition) is 0. The fraction of sp³-hybridized carbons (Fsp3) is 0.310. The Morgan fingerprint density at radius 3 is 1.72 bits per heavy atom. The molecule has 0 N–H and O–H groups in total. The molecule has 0 spiro atoms. The van der Waals surface area contributed by atoms with Crippen molar-refractivity contribution >= 4 is 21.5 Å². The molecule has 0 radical (unpaired) electrons. The summed E-state index contributed by atoms with van der Waals surface area (Å²) in [6.07, 6.45) is 0. The van der Waals surface area contributed by atoms with Crippen molar-refractivity contribution in [3.63, 3.8) is 0 Å². The lowest BCUT2D eigenvalue weighted by Crippen LogP contribution is -2.15. The van der Waals surface area contributed by atoms with Crippen molar-refractivity contribution in [3.8, 4) is 11.1 Å². The highest BCUT2D eigenvalue weighted by Crippen LogP contribution is 2.51. The summed E-state index contributed by atoms with van der Waals surface area (Å²) in [4.78, 5) is 0. The molecule has 0 atom stereocenters. The molecule has 0 aliphatic heterocycles. The Bertz CT molecular complexity index is 1080. The minimum Gasteiger partial charge on any atom is -0.0683 e. The second-order valence-electron chi connectivity index (χ2n) is 7.08. The molecule has 1 aliphatic carbocycles. The standard InChI is InChI=1S/C23H18.3C2H6/c1-23(2)21-10-6-5-9-18(21)19-12-11-17-13-15-7-3-4-8-16(15)14-20(17)22(19)23;3*1-2/h3-14H,1-2H3;3*1-2H3. The van der Waals surface area contributed by atoms with E-state index < -0.39 is 0 Å². The molecule has 0 heteroatoms. The number of benzene rings is 4. The van der Waals surface area contributed by atoms with Gasteiger partial charge in [-0.2, -0.15) is 0 Å². The van der Waals surface area contributed by atoms with Gasteiger partial charge in [0.2, 0.25) is 0 Å². The molecule has 0 amide bonds. The maximum atomic E-state index is 2.37. The number of rotatable bonds is 0. The lowest BCUT2D eigenvalue weighted by Gasteiger charge is -2.23. The van der Waals surface area contributed by atoms with E-state index in [4.69, 9.17) is 0 Å². The summed E-state index contributed by atoms with van der Waals surface area (Å²) in [6.45, 7) is 16.7. The average Bonchev–Trinajstić information content (AvgIpc) is 3.04. The second-order valence-corrected chi connectivity index (χ2v) is 7.08. The van der Waals surface area contributed by atoms with Gasteiger partial charge in [0.15, 0.2) is 0 Å². The molecule has 4 aromatic rings. The molecule has 152 valence electrons. The molecule has 0 fully saturated rings. The second kappa shape index (κ2) is 9.74. The van der Waals surface area contributed by atoms with Crippen LogP contribution in [0.2, 0.25) is 0 Å². The smallest absolute Gasteiger partial charge is 0.0165 e. The molecule has 0 bridgehead atoms. The Balaban J connectivity index is 0.000000461. The van der Waals surface area contributed by atoms with E-state index in [9.17, 15) is 0 Å². The Labute approximate surface area is 177 Å². The van der Waals surface area contributed by atoms with Crippen LogP contribution in [0, 0.1) is 0 Å². The van der Waals surface area contributed by atoms with Crippen LogP contribution in [0.15, 0.2) is 72.8 Å². The SMILES string of the molecule is CC.CC.CC.CC1(C)c2ccccc2-c2ccc3cc4ccccc4cc3c21. The fourth-order valence-corrected chi connectivity index (χ4v) is 4.31. The van der Waals surface area contributed by atoms with E-state index in [0.29, 0.717) is 0 Å². The minimum absolute atomic E-state index is 0.0495. The molecule has 0 aromatic heterocycles. The van der Waals surface area contributed by atoms with Crippen LogP contribution in [-0.2, 0) is 5.41 Å². The van der Waals surface area contributed by atoms with Crippen LogP contribution in [0.1, 0.15) is 66.5 Å². The number of hydrogen-bond acceptors (Lipinski definition) is 0. The van der Waals surface area contributed by atoms with Gasteiger partial charge in [-0.3, -0.25) is 0 Å². The number of fused-ring (bicyclic) bond motifs is 6. The van der Waals surface area contributed by atoms with Crippen molar-refractivity contribution < 1.29 is 0 Å². The van der Waals surface area contributed by atoms with Crippen LogP contribution in [0.4, 0.5) is 0 Å². The van der Waals surface area contributed by atoms with Crippen LogP contribution in [0.3, 0.4) is 0 Å². The van der Waals surface area contributed by atoms with E-state index in [2.05, 4.69) is 86.6 Å². The van der Waals surface area contributed by atoms with E-state index in [1.165, 1.54) is 43.8 Å². The molecule has 29 heavy (non-hydrogen) atoms. The van der Waals surface area contributed by atoms with E-state index in [0.717, 1.165) is 0 Å². The van der Waals surface area contributed by atoms with Gasteiger partial charge in [0.05, 0.1) is 0 Å². The molecular formula is C29H36. The van der Waals surface area contributed by atoms with Gasteiger partial charge in [-0.1, -0.05) is 116 Å². The predicted octanol–water partition coefficient (Wildman–Crippen LogP) is 9.38. The maximum Gasteiger partial charge on any atom is 0.0165 e. The Morgan fingerprint density at radius 1 is 0.517 bits per heavy atom. The summed E-state index contributed by atoms with van der Waals surface area (Å²) in [6, 6.07) is 26.8. The highest BCUT2D eigenvalue weighted by Gasteiger charge is 2.36. The zero-order chi connectivity index (χ0) is 21.6. The lowest BCUT2D eigenvalue weighted by atomic mass is 9.80. The van der Waals surface area contributed by atoms with E-state index in [1.807, 2.05) is 41.5 Å². The topological polar surface area (TPSA) is 0 Å².